The normalized spacial score (nSPS) is 15.0. The Labute approximate surface area is 234 Å². The van der Waals surface area contributed by atoms with E-state index in [0.29, 0.717) is 28.9 Å². The molecule has 7 nitrogen and oxygen atoms in total. The highest BCUT2D eigenvalue weighted by Crippen LogP contribution is 2.42. The quantitative estimate of drug-likeness (QED) is 0.238. The number of pyridine rings is 1. The van der Waals surface area contributed by atoms with Gasteiger partial charge in [-0.25, -0.2) is 18.3 Å². The molecule has 2 N–H and O–H groups in total. The van der Waals surface area contributed by atoms with E-state index in [0.717, 1.165) is 12.1 Å². The van der Waals surface area contributed by atoms with Crippen LogP contribution in [-0.2, 0) is 6.18 Å². The molecule has 3 aromatic carbocycles. The van der Waals surface area contributed by atoms with Crippen LogP contribution in [0.25, 0.3) is 16.8 Å². The van der Waals surface area contributed by atoms with Gasteiger partial charge in [-0.3, -0.25) is 9.59 Å². The summed E-state index contributed by atoms with van der Waals surface area (Å²) in [4.78, 5) is 30.3. The molecule has 0 bridgehead atoms. The first-order valence-corrected chi connectivity index (χ1v) is 12.2. The van der Waals surface area contributed by atoms with Crippen molar-refractivity contribution in [1.29, 1.82) is 0 Å². The number of carbonyl (C=O) groups excluding carboxylic acids is 2. The van der Waals surface area contributed by atoms with Gasteiger partial charge in [-0.2, -0.15) is 18.3 Å². The van der Waals surface area contributed by atoms with E-state index in [1.165, 1.54) is 28.9 Å². The van der Waals surface area contributed by atoms with Crippen molar-refractivity contribution >= 4 is 34.7 Å². The van der Waals surface area contributed by atoms with E-state index in [1.54, 1.807) is 12.1 Å². The van der Waals surface area contributed by atoms with Crippen molar-refractivity contribution in [3.63, 3.8) is 0 Å². The first-order chi connectivity index (χ1) is 19.9. The molecule has 1 aliphatic rings. The van der Waals surface area contributed by atoms with Crippen molar-refractivity contribution in [3.05, 3.63) is 118 Å². The van der Waals surface area contributed by atoms with Gasteiger partial charge in [0, 0.05) is 44.7 Å². The molecule has 6 rings (SSSR count). The smallest absolute Gasteiger partial charge is 0.341 e. The molecule has 0 saturated heterocycles. The molecule has 13 heteroatoms. The molecule has 0 spiro atoms. The van der Waals surface area contributed by atoms with Gasteiger partial charge in [0.05, 0.1) is 11.6 Å². The predicted octanol–water partition coefficient (Wildman–Crippen LogP) is 6.43. The third-order valence-electron chi connectivity index (χ3n) is 6.55. The molecule has 5 aromatic rings. The summed E-state index contributed by atoms with van der Waals surface area (Å²) in [5.74, 6) is -3.60. The summed E-state index contributed by atoms with van der Waals surface area (Å²) < 4.78 is 77.2. The van der Waals surface area contributed by atoms with E-state index >= 15 is 0 Å². The minimum absolute atomic E-state index is 0.0196. The number of hydrogen-bond acceptors (Lipinski definition) is 4. The van der Waals surface area contributed by atoms with Gasteiger partial charge in [-0.15, -0.1) is 0 Å². The Bertz CT molecular complexity index is 1940. The number of carbonyl (C=O) groups is 2. The van der Waals surface area contributed by atoms with Crippen LogP contribution in [0.4, 0.5) is 27.6 Å². The van der Waals surface area contributed by atoms with E-state index in [-0.39, 0.29) is 39.8 Å². The molecule has 2 amide bonds. The van der Waals surface area contributed by atoms with Crippen LogP contribution in [0.15, 0.2) is 73.2 Å². The summed E-state index contributed by atoms with van der Waals surface area (Å²) >= 11 is 6.32. The van der Waals surface area contributed by atoms with Gasteiger partial charge >= 0.3 is 6.18 Å². The molecule has 0 unspecified atom stereocenters. The Morgan fingerprint density at radius 2 is 1.83 bits per heavy atom. The minimum atomic E-state index is -4.91. The van der Waals surface area contributed by atoms with Crippen LogP contribution in [0.1, 0.15) is 44.8 Å². The zero-order valence-electron chi connectivity index (χ0n) is 21.4. The second-order valence-corrected chi connectivity index (χ2v) is 9.58. The van der Waals surface area contributed by atoms with E-state index in [2.05, 4.69) is 20.7 Å². The molecule has 206 valence electrons. The number of fused-ring (bicyclic) bond motifs is 2. The van der Waals surface area contributed by atoms with Crippen LogP contribution in [-0.4, -0.2) is 26.4 Å². The number of nitrogens with one attached hydrogen (secondary N) is 2. The molecule has 2 aromatic heterocycles. The van der Waals surface area contributed by atoms with Crippen molar-refractivity contribution in [1.82, 2.24) is 19.9 Å². The SMILES string of the molecule is [2H]c1nc2ccc(-c3cc(NC(=O)c4cc(F)cc(C(F)(F)F)c4)c4c(c3)C(=O)N[C@H]4c3cc(F)ccc3Cl)cn2n1. The zero-order valence-corrected chi connectivity index (χ0v) is 21.1. The first kappa shape index (κ1) is 25.1. The van der Waals surface area contributed by atoms with Gasteiger partial charge in [0.2, 0.25) is 0 Å². The highest BCUT2D eigenvalue weighted by molar-refractivity contribution is 6.31. The van der Waals surface area contributed by atoms with Gasteiger partial charge in [0.1, 0.15) is 19.3 Å². The topological polar surface area (TPSA) is 88.4 Å². The van der Waals surface area contributed by atoms with Crippen LogP contribution >= 0.6 is 11.6 Å². The lowest BCUT2D eigenvalue weighted by atomic mass is 9.93. The predicted molar refractivity (Wildman–Crippen MR) is 138 cm³/mol. The average Bonchev–Trinajstić information content (AvgIpc) is 3.47. The summed E-state index contributed by atoms with van der Waals surface area (Å²) in [5, 5.41) is 9.27. The van der Waals surface area contributed by atoms with Crippen LogP contribution in [0.5, 0.6) is 0 Å². The molecule has 0 saturated carbocycles. The Morgan fingerprint density at radius 3 is 2.61 bits per heavy atom. The molecular formula is C28H15ClF5N5O2. The second kappa shape index (κ2) is 9.66. The highest BCUT2D eigenvalue weighted by atomic mass is 35.5. The highest BCUT2D eigenvalue weighted by Gasteiger charge is 2.36. The van der Waals surface area contributed by atoms with Crippen molar-refractivity contribution in [2.75, 3.05) is 5.32 Å². The number of anilines is 1. The Balaban J connectivity index is 1.51. The van der Waals surface area contributed by atoms with Crippen LogP contribution in [0.3, 0.4) is 0 Å². The lowest BCUT2D eigenvalue weighted by Gasteiger charge is -2.19. The van der Waals surface area contributed by atoms with E-state index in [9.17, 15) is 31.5 Å². The van der Waals surface area contributed by atoms with Gasteiger partial charge in [0.15, 0.2) is 5.65 Å². The third-order valence-corrected chi connectivity index (χ3v) is 6.90. The average molecular weight is 585 g/mol. The van der Waals surface area contributed by atoms with Crippen LogP contribution in [0, 0.1) is 11.6 Å². The maximum atomic E-state index is 14.2. The molecule has 3 heterocycles. The number of rotatable bonds is 4. The standard InChI is InChI=1S/C28H15ClF5N5O2/c29-21-3-2-17(30)10-19(21)25-24-20(27(41)38-25)7-14(13-1-4-23-35-12-36-39(23)11-13)8-22(24)37-26(40)15-5-16(28(32,33)34)9-18(31)6-15/h1-12,25H,(H,37,40)(H,38,41)/t25-/m0/s1/i12D. The largest absolute Gasteiger partial charge is 0.416 e. The summed E-state index contributed by atoms with van der Waals surface area (Å²) in [6.45, 7) is 0. The second-order valence-electron chi connectivity index (χ2n) is 9.17. The molecule has 41 heavy (non-hydrogen) atoms. The summed E-state index contributed by atoms with van der Waals surface area (Å²) in [6.07, 6.45) is -3.60. The van der Waals surface area contributed by atoms with Crippen LogP contribution in [0.2, 0.25) is 5.02 Å². The molecular weight excluding hydrogens is 569 g/mol. The van der Waals surface area contributed by atoms with Crippen molar-refractivity contribution < 1.29 is 32.9 Å². The monoisotopic (exact) mass is 584 g/mol. The number of benzene rings is 3. The summed E-state index contributed by atoms with van der Waals surface area (Å²) in [5.41, 5.74) is -0.341. The molecule has 1 atom stereocenters. The number of hydrogen-bond donors (Lipinski definition) is 2. The van der Waals surface area contributed by atoms with E-state index in [4.69, 9.17) is 13.0 Å². The molecule has 0 aliphatic carbocycles. The zero-order chi connectivity index (χ0) is 29.9. The van der Waals surface area contributed by atoms with Gasteiger partial charge in [-0.05, 0) is 66.2 Å². The van der Waals surface area contributed by atoms with Gasteiger partial charge < -0.3 is 10.6 Å². The lowest BCUT2D eigenvalue weighted by Crippen LogP contribution is -2.21. The van der Waals surface area contributed by atoms with E-state index < -0.39 is 46.8 Å². The Hall–Kier alpha value is -4.84. The van der Waals surface area contributed by atoms with E-state index in [1.807, 2.05) is 0 Å². The number of aromatic nitrogens is 3. The third kappa shape index (κ3) is 4.86. The maximum absolute atomic E-state index is 14.2. The fraction of sp³-hybridized carbons (Fsp3) is 0.0714. The summed E-state index contributed by atoms with van der Waals surface area (Å²) in [7, 11) is 0. The fourth-order valence-electron chi connectivity index (χ4n) is 4.69. The first-order valence-electron chi connectivity index (χ1n) is 12.3. The minimum Gasteiger partial charge on any atom is -0.341 e. The molecule has 1 aliphatic heterocycles. The van der Waals surface area contributed by atoms with Gasteiger partial charge in [0.25, 0.3) is 11.8 Å². The van der Waals surface area contributed by atoms with Crippen molar-refractivity contribution in [2.45, 2.75) is 12.2 Å². The Morgan fingerprint density at radius 1 is 1.02 bits per heavy atom. The maximum Gasteiger partial charge on any atom is 0.416 e. The fourth-order valence-corrected chi connectivity index (χ4v) is 4.92. The number of nitrogens with zero attached hydrogens (tertiary/aromatic N) is 3. The molecule has 0 radical (unpaired) electrons. The number of alkyl halides is 3. The van der Waals surface area contributed by atoms with Gasteiger partial charge in [-0.1, -0.05) is 11.6 Å². The number of amides is 2. The van der Waals surface area contributed by atoms with Crippen LogP contribution < -0.4 is 10.6 Å². The molecule has 0 fully saturated rings. The number of halogens is 6. The van der Waals surface area contributed by atoms with Crippen molar-refractivity contribution in [2.24, 2.45) is 0 Å². The summed E-state index contributed by atoms with van der Waals surface area (Å²) in [6, 6.07) is 10.1. The lowest BCUT2D eigenvalue weighted by molar-refractivity contribution is -0.137. The van der Waals surface area contributed by atoms with Crippen molar-refractivity contribution in [3.8, 4) is 11.1 Å². The Kier molecular flexibility index (Phi) is 5.93.